The molecule has 1 N–H and O–H groups in total. The highest BCUT2D eigenvalue weighted by atomic mass is 16.5. The standard InChI is InChI=1S/C18H23N3O4/c22-16(20-15-10-17(23)25-12-15)11-21-9-1-2-14(18(21)24)4-3-13-5-7-19-8-6-13/h5-8,14-15H,1-4,9-12H2,(H,20,22)/t14-,15-/m0/s1. The zero-order chi connectivity index (χ0) is 17.6. The highest BCUT2D eigenvalue weighted by Crippen LogP contribution is 2.22. The lowest BCUT2D eigenvalue weighted by molar-refractivity contribution is -0.142. The summed E-state index contributed by atoms with van der Waals surface area (Å²) in [5.74, 6) is -0.512. The first-order valence-electron chi connectivity index (χ1n) is 8.74. The van der Waals surface area contributed by atoms with Crippen LogP contribution in [-0.4, -0.2) is 53.4 Å². The number of aromatic nitrogens is 1. The minimum Gasteiger partial charge on any atom is -0.463 e. The molecule has 2 saturated heterocycles. The molecule has 2 amide bonds. The van der Waals surface area contributed by atoms with Crippen LogP contribution in [0.1, 0.15) is 31.2 Å². The normalized spacial score (nSPS) is 23.4. The first-order chi connectivity index (χ1) is 12.1. The van der Waals surface area contributed by atoms with E-state index in [2.05, 4.69) is 10.3 Å². The predicted molar refractivity (Wildman–Crippen MR) is 89.4 cm³/mol. The molecule has 0 saturated carbocycles. The first-order valence-corrected chi connectivity index (χ1v) is 8.74. The van der Waals surface area contributed by atoms with E-state index in [4.69, 9.17) is 4.74 Å². The Hall–Kier alpha value is -2.44. The lowest BCUT2D eigenvalue weighted by atomic mass is 9.91. The van der Waals surface area contributed by atoms with Gasteiger partial charge in [-0.25, -0.2) is 0 Å². The molecule has 2 fully saturated rings. The van der Waals surface area contributed by atoms with Crippen molar-refractivity contribution in [2.75, 3.05) is 19.7 Å². The molecule has 0 radical (unpaired) electrons. The van der Waals surface area contributed by atoms with Crippen LogP contribution >= 0.6 is 0 Å². The van der Waals surface area contributed by atoms with E-state index in [1.807, 2.05) is 12.1 Å². The van der Waals surface area contributed by atoms with E-state index in [0.717, 1.165) is 25.7 Å². The van der Waals surface area contributed by atoms with Crippen molar-refractivity contribution >= 4 is 17.8 Å². The Bertz CT molecular complexity index is 634. The number of nitrogens with zero attached hydrogens (tertiary/aromatic N) is 2. The summed E-state index contributed by atoms with van der Waals surface area (Å²) in [4.78, 5) is 41.4. The Morgan fingerprint density at radius 2 is 2.12 bits per heavy atom. The number of nitrogens with one attached hydrogen (secondary N) is 1. The maximum absolute atomic E-state index is 12.6. The van der Waals surface area contributed by atoms with Crippen molar-refractivity contribution in [1.82, 2.24) is 15.2 Å². The molecule has 0 aliphatic carbocycles. The number of amides is 2. The zero-order valence-electron chi connectivity index (χ0n) is 14.1. The number of likely N-dealkylation sites (tertiary alicyclic amines) is 1. The summed E-state index contributed by atoms with van der Waals surface area (Å²) in [6.45, 7) is 0.875. The van der Waals surface area contributed by atoms with E-state index < -0.39 is 0 Å². The van der Waals surface area contributed by atoms with Gasteiger partial charge in [0, 0.05) is 24.9 Å². The molecule has 1 aromatic heterocycles. The monoisotopic (exact) mass is 345 g/mol. The Labute approximate surface area is 146 Å². The van der Waals surface area contributed by atoms with E-state index in [0.29, 0.717) is 6.54 Å². The van der Waals surface area contributed by atoms with Crippen LogP contribution in [-0.2, 0) is 25.5 Å². The SMILES string of the molecule is O=C(CN1CCC[C@@H](CCc2ccncc2)C1=O)N[C@@H]1COC(=O)C1. The number of carbonyl (C=O) groups excluding carboxylic acids is 3. The average molecular weight is 345 g/mol. The number of hydrogen-bond acceptors (Lipinski definition) is 5. The van der Waals surface area contributed by atoms with Gasteiger partial charge in [-0.05, 0) is 43.4 Å². The molecule has 2 atom stereocenters. The lowest BCUT2D eigenvalue weighted by Crippen LogP contribution is -2.48. The van der Waals surface area contributed by atoms with Gasteiger partial charge in [0.1, 0.15) is 6.61 Å². The lowest BCUT2D eigenvalue weighted by Gasteiger charge is -2.32. The number of esters is 1. The highest BCUT2D eigenvalue weighted by Gasteiger charge is 2.31. The molecule has 2 aliphatic heterocycles. The van der Waals surface area contributed by atoms with Gasteiger partial charge in [-0.15, -0.1) is 0 Å². The molecule has 3 rings (SSSR count). The van der Waals surface area contributed by atoms with E-state index in [9.17, 15) is 14.4 Å². The molecule has 3 heterocycles. The molecule has 0 bridgehead atoms. The fourth-order valence-corrected chi connectivity index (χ4v) is 3.39. The molecule has 25 heavy (non-hydrogen) atoms. The molecule has 7 heteroatoms. The second-order valence-electron chi connectivity index (χ2n) is 6.64. The topological polar surface area (TPSA) is 88.6 Å². The molecular weight excluding hydrogens is 322 g/mol. The van der Waals surface area contributed by atoms with Gasteiger partial charge in [0.05, 0.1) is 19.0 Å². The summed E-state index contributed by atoms with van der Waals surface area (Å²) in [5, 5.41) is 2.76. The molecular formula is C18H23N3O4. The van der Waals surface area contributed by atoms with Crippen LogP contribution in [0.25, 0.3) is 0 Å². The summed E-state index contributed by atoms with van der Waals surface area (Å²) >= 11 is 0. The van der Waals surface area contributed by atoms with Crippen molar-refractivity contribution in [3.63, 3.8) is 0 Å². The van der Waals surface area contributed by atoms with Crippen molar-refractivity contribution in [1.29, 1.82) is 0 Å². The summed E-state index contributed by atoms with van der Waals surface area (Å²) in [7, 11) is 0. The number of hydrogen-bond donors (Lipinski definition) is 1. The van der Waals surface area contributed by atoms with Crippen molar-refractivity contribution in [2.24, 2.45) is 5.92 Å². The van der Waals surface area contributed by atoms with Crippen LogP contribution in [0.5, 0.6) is 0 Å². The number of cyclic esters (lactones) is 1. The van der Waals surface area contributed by atoms with Gasteiger partial charge in [-0.1, -0.05) is 0 Å². The van der Waals surface area contributed by atoms with Crippen molar-refractivity contribution in [2.45, 2.75) is 38.1 Å². The number of aryl methyl sites for hydroxylation is 1. The minimum absolute atomic E-state index is 0.0360. The third-order valence-electron chi connectivity index (χ3n) is 4.73. The summed E-state index contributed by atoms with van der Waals surface area (Å²) in [5.41, 5.74) is 1.17. The number of pyridine rings is 1. The number of ether oxygens (including phenoxy) is 1. The van der Waals surface area contributed by atoms with Crippen molar-refractivity contribution < 1.29 is 19.1 Å². The molecule has 2 aliphatic rings. The van der Waals surface area contributed by atoms with E-state index in [-0.39, 0.29) is 49.3 Å². The van der Waals surface area contributed by atoms with Crippen LogP contribution in [0, 0.1) is 5.92 Å². The predicted octanol–water partition coefficient (Wildman–Crippen LogP) is 0.684. The Morgan fingerprint density at radius 1 is 1.32 bits per heavy atom. The second kappa shape index (κ2) is 8.09. The van der Waals surface area contributed by atoms with Crippen molar-refractivity contribution in [3.05, 3.63) is 30.1 Å². The van der Waals surface area contributed by atoms with Gasteiger partial charge in [0.2, 0.25) is 11.8 Å². The zero-order valence-corrected chi connectivity index (χ0v) is 14.1. The maximum atomic E-state index is 12.6. The summed E-state index contributed by atoms with van der Waals surface area (Å²) in [6.07, 6.45) is 7.11. The first kappa shape index (κ1) is 17.4. The molecule has 0 spiro atoms. The number of rotatable bonds is 6. The highest BCUT2D eigenvalue weighted by molar-refractivity contribution is 5.87. The van der Waals surface area contributed by atoms with E-state index >= 15 is 0 Å². The molecule has 0 unspecified atom stereocenters. The maximum Gasteiger partial charge on any atom is 0.308 e. The summed E-state index contributed by atoms with van der Waals surface area (Å²) in [6, 6.07) is 3.65. The molecule has 7 nitrogen and oxygen atoms in total. The third-order valence-corrected chi connectivity index (χ3v) is 4.73. The van der Waals surface area contributed by atoms with Crippen LogP contribution in [0.2, 0.25) is 0 Å². The van der Waals surface area contributed by atoms with Crippen LogP contribution in [0.4, 0.5) is 0 Å². The van der Waals surface area contributed by atoms with Crippen molar-refractivity contribution in [3.8, 4) is 0 Å². The molecule has 1 aromatic rings. The second-order valence-corrected chi connectivity index (χ2v) is 6.64. The third kappa shape index (κ3) is 4.78. The fraction of sp³-hybridized carbons (Fsp3) is 0.556. The smallest absolute Gasteiger partial charge is 0.308 e. The Morgan fingerprint density at radius 3 is 2.84 bits per heavy atom. The molecule has 0 aromatic carbocycles. The Kier molecular flexibility index (Phi) is 5.63. The fourth-order valence-electron chi connectivity index (χ4n) is 3.39. The van der Waals surface area contributed by atoms with Gasteiger partial charge in [-0.2, -0.15) is 0 Å². The Balaban J connectivity index is 1.47. The van der Waals surface area contributed by atoms with E-state index in [1.54, 1.807) is 17.3 Å². The average Bonchev–Trinajstić information content (AvgIpc) is 3.01. The number of carbonyl (C=O) groups is 3. The van der Waals surface area contributed by atoms with Gasteiger partial charge in [0.25, 0.3) is 0 Å². The largest absolute Gasteiger partial charge is 0.463 e. The van der Waals surface area contributed by atoms with Gasteiger partial charge >= 0.3 is 5.97 Å². The summed E-state index contributed by atoms with van der Waals surface area (Å²) < 4.78 is 4.83. The molecule has 134 valence electrons. The quantitative estimate of drug-likeness (QED) is 0.766. The van der Waals surface area contributed by atoms with Gasteiger partial charge < -0.3 is 15.0 Å². The van der Waals surface area contributed by atoms with Crippen LogP contribution in [0.15, 0.2) is 24.5 Å². The van der Waals surface area contributed by atoms with Crippen LogP contribution < -0.4 is 5.32 Å². The number of piperidine rings is 1. The van der Waals surface area contributed by atoms with Gasteiger partial charge in [0.15, 0.2) is 0 Å². The minimum atomic E-state index is -0.296. The van der Waals surface area contributed by atoms with Crippen LogP contribution in [0.3, 0.4) is 0 Å². The van der Waals surface area contributed by atoms with Gasteiger partial charge in [-0.3, -0.25) is 19.4 Å². The van der Waals surface area contributed by atoms with E-state index in [1.165, 1.54) is 5.56 Å².